The van der Waals surface area contributed by atoms with Crippen molar-refractivity contribution in [1.29, 1.82) is 0 Å². The van der Waals surface area contributed by atoms with Crippen molar-refractivity contribution in [1.82, 2.24) is 0 Å². The molecule has 0 saturated heterocycles. The second-order valence-corrected chi connectivity index (χ2v) is 12.5. The average molecular weight is 525 g/mol. The molecule has 2 aliphatic carbocycles. The summed E-state index contributed by atoms with van der Waals surface area (Å²) in [6.07, 6.45) is 2.53. The summed E-state index contributed by atoms with van der Waals surface area (Å²) in [6.45, 7) is 10.3. The number of ether oxygens (including phenoxy) is 4. The van der Waals surface area contributed by atoms with Crippen LogP contribution >= 0.6 is 0 Å². The molecule has 1 aliphatic heterocycles. The van der Waals surface area contributed by atoms with Crippen LogP contribution in [0.2, 0.25) is 0 Å². The number of hydrogen-bond donors (Lipinski definition) is 2. The summed E-state index contributed by atoms with van der Waals surface area (Å²) in [6, 6.07) is 7.16. The Morgan fingerprint density at radius 3 is 2.63 bits per heavy atom. The standard InChI is InChI=1S/C31H40O7/c1-17(2)11-22(32)21-7-8-23-25(27(21)35-6)28(33)36-15-19-12-18(3)13-24(26(19)37-23)38-29(34)31(5)16-30(4)10-9-20(31)14-30/h7-8,12-13,17,20,22,28,32-33H,9-11,14-16H2,1-6H3/t20-,22+,28+,30-,31?/m1/s1. The quantitative estimate of drug-likeness (QED) is 0.328. The molecule has 2 aromatic rings. The first-order valence-corrected chi connectivity index (χ1v) is 13.7. The molecule has 2 aromatic carbocycles. The van der Waals surface area contributed by atoms with Crippen LogP contribution in [-0.4, -0.2) is 23.3 Å². The Morgan fingerprint density at radius 2 is 2.00 bits per heavy atom. The van der Waals surface area contributed by atoms with Gasteiger partial charge in [0.25, 0.3) is 0 Å². The Labute approximate surface area is 225 Å². The molecular formula is C31H40O7. The van der Waals surface area contributed by atoms with Crippen LogP contribution in [0.1, 0.15) is 94.4 Å². The third-order valence-electron chi connectivity index (χ3n) is 8.78. The van der Waals surface area contributed by atoms with E-state index < -0.39 is 17.8 Å². The van der Waals surface area contributed by atoms with E-state index in [1.165, 1.54) is 7.11 Å². The first-order valence-electron chi connectivity index (χ1n) is 13.7. The van der Waals surface area contributed by atoms with Crippen molar-refractivity contribution < 1.29 is 34.0 Å². The number of rotatable bonds is 6. The van der Waals surface area contributed by atoms with Gasteiger partial charge in [0.1, 0.15) is 11.5 Å². The van der Waals surface area contributed by atoms with Crippen LogP contribution in [-0.2, 0) is 16.1 Å². The number of aliphatic hydroxyl groups is 2. The molecule has 7 nitrogen and oxygen atoms in total. The van der Waals surface area contributed by atoms with Gasteiger partial charge in [-0.05, 0) is 93.0 Å². The summed E-state index contributed by atoms with van der Waals surface area (Å²) >= 11 is 0. The molecule has 5 atom stereocenters. The molecule has 2 saturated carbocycles. The van der Waals surface area contributed by atoms with Gasteiger partial charge in [-0.15, -0.1) is 0 Å². The monoisotopic (exact) mass is 524 g/mol. The van der Waals surface area contributed by atoms with E-state index in [1.807, 2.05) is 39.8 Å². The lowest BCUT2D eigenvalue weighted by molar-refractivity contribution is -0.148. The van der Waals surface area contributed by atoms with Crippen LogP contribution in [0.4, 0.5) is 0 Å². The minimum Gasteiger partial charge on any atom is -0.496 e. The minimum absolute atomic E-state index is 0.0437. The van der Waals surface area contributed by atoms with Crippen LogP contribution in [0, 0.1) is 29.6 Å². The highest BCUT2D eigenvalue weighted by molar-refractivity contribution is 5.81. The molecule has 2 N–H and O–H groups in total. The predicted molar refractivity (Wildman–Crippen MR) is 142 cm³/mol. The van der Waals surface area contributed by atoms with E-state index in [0.717, 1.165) is 31.2 Å². The highest BCUT2D eigenvalue weighted by Gasteiger charge is 2.58. The second-order valence-electron chi connectivity index (χ2n) is 12.5. The van der Waals surface area contributed by atoms with E-state index in [1.54, 1.807) is 12.1 Å². The minimum atomic E-state index is -1.33. The van der Waals surface area contributed by atoms with Crippen molar-refractivity contribution in [2.75, 3.05) is 7.11 Å². The SMILES string of the molecule is COc1c([C@@H](O)CC(C)C)ccc2c1[C@@H](O)OCc1cc(C)cc(OC(=O)C3(C)C[C@]4(C)CC[C@@H]3C4)c1O2. The Hall–Kier alpha value is -2.61. The third-order valence-corrected chi connectivity index (χ3v) is 8.78. The number of fused-ring (bicyclic) bond motifs is 4. The molecule has 0 spiro atoms. The van der Waals surface area contributed by atoms with Gasteiger partial charge >= 0.3 is 5.97 Å². The van der Waals surface area contributed by atoms with E-state index in [0.29, 0.717) is 52.0 Å². The molecule has 1 heterocycles. The lowest BCUT2D eigenvalue weighted by Crippen LogP contribution is -2.38. The number of carbonyl (C=O) groups is 1. The van der Waals surface area contributed by atoms with Gasteiger partial charge in [0.05, 0.1) is 30.8 Å². The van der Waals surface area contributed by atoms with Gasteiger partial charge in [-0.25, -0.2) is 0 Å². The van der Waals surface area contributed by atoms with Crippen molar-refractivity contribution in [3.63, 3.8) is 0 Å². The first kappa shape index (κ1) is 27.0. The zero-order valence-corrected chi connectivity index (χ0v) is 23.3. The van der Waals surface area contributed by atoms with Crippen molar-refractivity contribution >= 4 is 5.97 Å². The van der Waals surface area contributed by atoms with Crippen molar-refractivity contribution in [3.05, 3.63) is 46.5 Å². The van der Waals surface area contributed by atoms with E-state index in [9.17, 15) is 15.0 Å². The Morgan fingerprint density at radius 1 is 1.24 bits per heavy atom. The van der Waals surface area contributed by atoms with Crippen LogP contribution in [0.3, 0.4) is 0 Å². The molecule has 2 bridgehead atoms. The fourth-order valence-electron chi connectivity index (χ4n) is 6.97. The average Bonchev–Trinajstić information content (AvgIpc) is 3.35. The van der Waals surface area contributed by atoms with E-state index in [2.05, 4.69) is 6.92 Å². The molecule has 1 unspecified atom stereocenters. The predicted octanol–water partition coefficient (Wildman–Crippen LogP) is 6.52. The lowest BCUT2D eigenvalue weighted by atomic mass is 9.71. The van der Waals surface area contributed by atoms with Crippen molar-refractivity contribution in [3.8, 4) is 23.0 Å². The van der Waals surface area contributed by atoms with Gasteiger partial charge in [0.15, 0.2) is 17.8 Å². The van der Waals surface area contributed by atoms with Crippen molar-refractivity contribution in [2.24, 2.45) is 22.7 Å². The number of methoxy groups -OCH3 is 1. The molecule has 206 valence electrons. The van der Waals surface area contributed by atoms with Gasteiger partial charge in [-0.1, -0.05) is 20.8 Å². The Bertz CT molecular complexity index is 1240. The molecule has 0 radical (unpaired) electrons. The Kier molecular flexibility index (Phi) is 6.99. The largest absolute Gasteiger partial charge is 0.496 e. The summed E-state index contributed by atoms with van der Waals surface area (Å²) in [5.41, 5.74) is 2.09. The zero-order chi connectivity index (χ0) is 27.4. The van der Waals surface area contributed by atoms with Gasteiger partial charge in [0, 0.05) is 11.1 Å². The summed E-state index contributed by atoms with van der Waals surface area (Å²) in [5.74, 6) is 1.72. The summed E-state index contributed by atoms with van der Waals surface area (Å²) in [5, 5.41) is 21.8. The van der Waals surface area contributed by atoms with E-state index >= 15 is 0 Å². The second kappa shape index (κ2) is 9.85. The zero-order valence-electron chi connectivity index (χ0n) is 23.3. The van der Waals surface area contributed by atoms with E-state index in [-0.39, 0.29) is 23.9 Å². The van der Waals surface area contributed by atoms with Gasteiger partial charge in [0.2, 0.25) is 0 Å². The maximum Gasteiger partial charge on any atom is 0.317 e. The van der Waals surface area contributed by atoms with Crippen LogP contribution < -0.4 is 14.2 Å². The number of benzene rings is 2. The summed E-state index contributed by atoms with van der Waals surface area (Å²) in [7, 11) is 1.49. The highest BCUT2D eigenvalue weighted by Crippen LogP contribution is 2.63. The van der Waals surface area contributed by atoms with Crippen LogP contribution in [0.25, 0.3) is 0 Å². The molecule has 7 heteroatoms. The van der Waals surface area contributed by atoms with E-state index in [4.69, 9.17) is 18.9 Å². The summed E-state index contributed by atoms with van der Waals surface area (Å²) in [4.78, 5) is 13.6. The molecule has 3 aliphatic rings. The molecule has 0 aromatic heterocycles. The molecule has 5 rings (SSSR count). The summed E-state index contributed by atoms with van der Waals surface area (Å²) < 4.78 is 24.0. The molecular weight excluding hydrogens is 484 g/mol. The molecule has 38 heavy (non-hydrogen) atoms. The number of hydrogen-bond acceptors (Lipinski definition) is 7. The van der Waals surface area contributed by atoms with Gasteiger partial charge in [-0.2, -0.15) is 0 Å². The number of esters is 1. The number of carbonyl (C=O) groups excluding carboxylic acids is 1. The Balaban J connectivity index is 1.52. The fraction of sp³-hybridized carbons (Fsp3) is 0.581. The van der Waals surface area contributed by atoms with Crippen LogP contribution in [0.5, 0.6) is 23.0 Å². The molecule has 2 fully saturated rings. The third kappa shape index (κ3) is 4.69. The number of aryl methyl sites for hydroxylation is 1. The topological polar surface area (TPSA) is 94.5 Å². The maximum absolute atomic E-state index is 13.6. The van der Waals surface area contributed by atoms with Crippen molar-refractivity contribution in [2.45, 2.75) is 85.7 Å². The molecule has 0 amide bonds. The highest BCUT2D eigenvalue weighted by atomic mass is 16.6. The maximum atomic E-state index is 13.6. The first-order chi connectivity index (χ1) is 17.9. The number of aliphatic hydroxyl groups excluding tert-OH is 2. The van der Waals surface area contributed by atoms with Gasteiger partial charge < -0.3 is 29.2 Å². The fourth-order valence-corrected chi connectivity index (χ4v) is 6.97. The van der Waals surface area contributed by atoms with Crippen LogP contribution in [0.15, 0.2) is 24.3 Å². The smallest absolute Gasteiger partial charge is 0.317 e. The van der Waals surface area contributed by atoms with Gasteiger partial charge in [-0.3, -0.25) is 4.79 Å². The lowest BCUT2D eigenvalue weighted by Gasteiger charge is -2.34. The normalized spacial score (nSPS) is 28.7.